The van der Waals surface area contributed by atoms with Gasteiger partial charge in [-0.25, -0.2) is 4.98 Å². The van der Waals surface area contributed by atoms with Crippen molar-refractivity contribution < 1.29 is 9.32 Å². The fraction of sp³-hybridized carbons (Fsp3) is 0.350. The summed E-state index contributed by atoms with van der Waals surface area (Å²) in [6.07, 6.45) is 5.14. The molecule has 2 aliphatic heterocycles. The molecule has 2 aromatic heterocycles. The fourth-order valence-electron chi connectivity index (χ4n) is 4.28. The van der Waals surface area contributed by atoms with E-state index in [-0.39, 0.29) is 11.4 Å². The lowest BCUT2D eigenvalue weighted by Gasteiger charge is -2.44. The van der Waals surface area contributed by atoms with E-state index in [9.17, 15) is 4.79 Å². The molecule has 138 valence electrons. The van der Waals surface area contributed by atoms with Crippen LogP contribution in [-0.4, -0.2) is 45.1 Å². The molecule has 1 N–H and O–H groups in total. The zero-order valence-corrected chi connectivity index (χ0v) is 15.0. The summed E-state index contributed by atoms with van der Waals surface area (Å²) in [6.45, 7) is 3.14. The van der Waals surface area contributed by atoms with Crippen LogP contribution in [0.1, 0.15) is 29.2 Å². The first kappa shape index (κ1) is 16.3. The van der Waals surface area contributed by atoms with Crippen LogP contribution < -0.4 is 5.32 Å². The van der Waals surface area contributed by atoms with Gasteiger partial charge in [0, 0.05) is 32.2 Å². The largest absolute Gasteiger partial charge is 0.351 e. The van der Waals surface area contributed by atoms with Gasteiger partial charge in [0.25, 0.3) is 5.91 Å². The summed E-state index contributed by atoms with van der Waals surface area (Å²) in [7, 11) is 0. The Balaban J connectivity index is 1.40. The molecule has 0 atom stereocenters. The lowest BCUT2D eigenvalue weighted by atomic mass is 9.85. The van der Waals surface area contributed by atoms with Crippen LogP contribution in [0.2, 0.25) is 0 Å². The highest BCUT2D eigenvalue weighted by Crippen LogP contribution is 2.37. The molecule has 7 nitrogen and oxygen atoms in total. The van der Waals surface area contributed by atoms with E-state index in [2.05, 4.69) is 39.3 Å². The number of carbonyl (C=O) groups is 1. The molecular formula is C20H21N5O2. The number of amides is 1. The Labute approximate surface area is 157 Å². The second-order valence-electron chi connectivity index (χ2n) is 7.16. The SMILES string of the molecule is O=C(c1ccno1)N1CCC2(CC1)NCCn1c(-c3ccccc3)cnc12. The summed E-state index contributed by atoms with van der Waals surface area (Å²) in [6, 6.07) is 12.0. The normalized spacial score (nSPS) is 18.4. The van der Waals surface area contributed by atoms with Crippen LogP contribution >= 0.6 is 0 Å². The summed E-state index contributed by atoms with van der Waals surface area (Å²) < 4.78 is 7.35. The molecule has 0 radical (unpaired) electrons. The van der Waals surface area contributed by atoms with E-state index in [0.717, 1.165) is 37.4 Å². The molecule has 1 spiro atoms. The van der Waals surface area contributed by atoms with Crippen molar-refractivity contribution in [2.75, 3.05) is 19.6 Å². The molecule has 5 rings (SSSR count). The predicted octanol–water partition coefficient (Wildman–Crippen LogP) is 2.27. The molecule has 0 bridgehead atoms. The molecule has 2 aliphatic rings. The van der Waals surface area contributed by atoms with Gasteiger partial charge in [0.05, 0.1) is 23.6 Å². The number of nitrogens with zero attached hydrogens (tertiary/aromatic N) is 4. The first-order valence-corrected chi connectivity index (χ1v) is 9.33. The number of benzene rings is 1. The van der Waals surface area contributed by atoms with Crippen molar-refractivity contribution in [2.24, 2.45) is 0 Å². The van der Waals surface area contributed by atoms with Crippen molar-refractivity contribution in [3.63, 3.8) is 0 Å². The Bertz CT molecular complexity index is 940. The van der Waals surface area contributed by atoms with E-state index in [1.807, 2.05) is 17.2 Å². The monoisotopic (exact) mass is 363 g/mol. The Kier molecular flexibility index (Phi) is 3.82. The summed E-state index contributed by atoms with van der Waals surface area (Å²) in [5, 5.41) is 7.33. The van der Waals surface area contributed by atoms with Gasteiger partial charge in [-0.1, -0.05) is 35.5 Å². The Morgan fingerprint density at radius 3 is 2.67 bits per heavy atom. The molecule has 1 amide bonds. The number of nitrogens with one attached hydrogen (secondary N) is 1. The second-order valence-corrected chi connectivity index (χ2v) is 7.16. The van der Waals surface area contributed by atoms with E-state index in [1.54, 1.807) is 6.07 Å². The van der Waals surface area contributed by atoms with Crippen molar-refractivity contribution in [3.05, 3.63) is 60.4 Å². The van der Waals surface area contributed by atoms with Crippen LogP contribution in [0.25, 0.3) is 11.3 Å². The quantitative estimate of drug-likeness (QED) is 0.756. The Hall–Kier alpha value is -2.93. The zero-order chi connectivity index (χ0) is 18.3. The molecule has 1 aromatic carbocycles. The lowest BCUT2D eigenvalue weighted by molar-refractivity contribution is 0.0568. The van der Waals surface area contributed by atoms with E-state index in [4.69, 9.17) is 9.51 Å². The Morgan fingerprint density at radius 2 is 1.93 bits per heavy atom. The summed E-state index contributed by atoms with van der Waals surface area (Å²) in [4.78, 5) is 19.2. The van der Waals surface area contributed by atoms with Gasteiger partial charge in [-0.05, 0) is 18.4 Å². The molecule has 1 saturated heterocycles. The van der Waals surface area contributed by atoms with Gasteiger partial charge in [-0.15, -0.1) is 0 Å². The molecule has 0 unspecified atom stereocenters. The van der Waals surface area contributed by atoms with Crippen LogP contribution in [0.5, 0.6) is 0 Å². The number of aromatic nitrogens is 3. The maximum atomic E-state index is 12.5. The van der Waals surface area contributed by atoms with E-state index in [0.29, 0.717) is 18.8 Å². The maximum Gasteiger partial charge on any atom is 0.292 e. The summed E-state index contributed by atoms with van der Waals surface area (Å²) >= 11 is 0. The smallest absolute Gasteiger partial charge is 0.292 e. The van der Waals surface area contributed by atoms with Crippen LogP contribution in [0.4, 0.5) is 0 Å². The number of likely N-dealkylation sites (tertiary alicyclic amines) is 1. The Morgan fingerprint density at radius 1 is 1.11 bits per heavy atom. The number of carbonyl (C=O) groups excluding carboxylic acids is 1. The minimum Gasteiger partial charge on any atom is -0.351 e. The van der Waals surface area contributed by atoms with Crippen LogP contribution in [0.3, 0.4) is 0 Å². The standard InChI is InChI=1S/C20H21N5O2/c26-18(17-6-9-23-27-17)24-11-7-20(8-12-24)19-21-14-16(25(19)13-10-22-20)15-4-2-1-3-5-15/h1-6,9,14,22H,7-8,10-13H2. The minimum atomic E-state index is -0.177. The number of piperidine rings is 1. The molecule has 4 heterocycles. The van der Waals surface area contributed by atoms with E-state index in [1.165, 1.54) is 11.8 Å². The van der Waals surface area contributed by atoms with Crippen molar-refractivity contribution in [1.29, 1.82) is 0 Å². The highest BCUT2D eigenvalue weighted by atomic mass is 16.5. The third-order valence-electron chi connectivity index (χ3n) is 5.70. The molecule has 7 heteroatoms. The summed E-state index contributed by atoms with van der Waals surface area (Å²) in [5.41, 5.74) is 2.17. The van der Waals surface area contributed by atoms with Gasteiger partial charge >= 0.3 is 0 Å². The van der Waals surface area contributed by atoms with Gasteiger partial charge in [-0.2, -0.15) is 0 Å². The number of imidazole rings is 1. The molecular weight excluding hydrogens is 342 g/mol. The highest BCUT2D eigenvalue weighted by Gasteiger charge is 2.43. The molecule has 3 aromatic rings. The number of rotatable bonds is 2. The van der Waals surface area contributed by atoms with Crippen molar-refractivity contribution in [2.45, 2.75) is 24.9 Å². The average Bonchev–Trinajstić information content (AvgIpc) is 3.40. The molecule has 0 aliphatic carbocycles. The number of hydrogen-bond donors (Lipinski definition) is 1. The molecule has 1 fully saturated rings. The molecule has 0 saturated carbocycles. The van der Waals surface area contributed by atoms with E-state index < -0.39 is 0 Å². The topological polar surface area (TPSA) is 76.2 Å². The molecule has 27 heavy (non-hydrogen) atoms. The number of hydrogen-bond acceptors (Lipinski definition) is 5. The lowest BCUT2D eigenvalue weighted by Crippen LogP contribution is -2.56. The van der Waals surface area contributed by atoms with Gasteiger partial charge in [0.15, 0.2) is 0 Å². The van der Waals surface area contributed by atoms with Crippen molar-refractivity contribution >= 4 is 5.91 Å². The van der Waals surface area contributed by atoms with Crippen LogP contribution in [0.15, 0.2) is 53.3 Å². The van der Waals surface area contributed by atoms with E-state index >= 15 is 0 Å². The van der Waals surface area contributed by atoms with Crippen molar-refractivity contribution in [3.8, 4) is 11.3 Å². The van der Waals surface area contributed by atoms with Gasteiger partial charge < -0.3 is 19.3 Å². The number of fused-ring (bicyclic) bond motifs is 2. The fourth-order valence-corrected chi connectivity index (χ4v) is 4.28. The van der Waals surface area contributed by atoms with Gasteiger partial charge in [-0.3, -0.25) is 4.79 Å². The highest BCUT2D eigenvalue weighted by molar-refractivity contribution is 5.91. The first-order valence-electron chi connectivity index (χ1n) is 9.33. The average molecular weight is 363 g/mol. The van der Waals surface area contributed by atoms with Crippen LogP contribution in [0, 0.1) is 0 Å². The second kappa shape index (κ2) is 6.35. The zero-order valence-electron chi connectivity index (χ0n) is 15.0. The van der Waals surface area contributed by atoms with Crippen LogP contribution in [-0.2, 0) is 12.1 Å². The minimum absolute atomic E-state index is 0.0912. The van der Waals surface area contributed by atoms with Gasteiger partial charge in [0.1, 0.15) is 5.82 Å². The van der Waals surface area contributed by atoms with Crippen molar-refractivity contribution in [1.82, 2.24) is 24.9 Å². The summed E-state index contributed by atoms with van der Waals surface area (Å²) in [5.74, 6) is 1.29. The first-order chi connectivity index (χ1) is 13.3. The predicted molar refractivity (Wildman–Crippen MR) is 99.0 cm³/mol. The van der Waals surface area contributed by atoms with Gasteiger partial charge in [0.2, 0.25) is 5.76 Å². The maximum absolute atomic E-state index is 12.5. The third-order valence-corrected chi connectivity index (χ3v) is 5.70. The third kappa shape index (κ3) is 2.66.